The Bertz CT molecular complexity index is 116. The maximum absolute atomic E-state index is 10.2. The van der Waals surface area contributed by atoms with Crippen molar-refractivity contribution in [2.75, 3.05) is 6.54 Å². The van der Waals surface area contributed by atoms with E-state index in [2.05, 4.69) is 12.2 Å². The molecule has 1 unspecified atom stereocenters. The second-order valence-electron chi connectivity index (χ2n) is 2.83. The topological polar surface area (TPSA) is 32.7 Å². The van der Waals surface area contributed by atoms with Gasteiger partial charge >= 0.3 is 0 Å². The number of hydrogen-bond donors (Lipinski definition) is 0. The Morgan fingerprint density at radius 3 is 3.10 bits per heavy atom. The van der Waals surface area contributed by atoms with Crippen LogP contribution in [0.3, 0.4) is 0 Å². The van der Waals surface area contributed by atoms with Crippen LogP contribution in [0.25, 0.3) is 0 Å². The average molecular weight is 142 g/mol. The predicted molar refractivity (Wildman–Crippen MR) is 40.4 cm³/mol. The smallest absolute Gasteiger partial charge is 0.0526 e. The second kappa shape index (κ2) is 3.54. The maximum Gasteiger partial charge on any atom is 0.0526 e. The lowest BCUT2D eigenvalue weighted by Crippen LogP contribution is -2.22. The molecule has 0 spiro atoms. The Kier molecular flexibility index (Phi) is 2.66. The molecule has 0 aromatic heterocycles. The highest BCUT2D eigenvalue weighted by Gasteiger charge is 2.22. The quantitative estimate of drug-likeness (QED) is 0.564. The predicted octanol–water partition coefficient (Wildman–Crippen LogP) is 1.93. The Morgan fingerprint density at radius 2 is 2.50 bits per heavy atom. The molecule has 0 saturated carbocycles. The summed E-state index contributed by atoms with van der Waals surface area (Å²) in [6, 6.07) is 0.447. The fraction of sp³-hybridized carbons (Fsp3) is 1.00. The van der Waals surface area contributed by atoms with Crippen molar-refractivity contribution in [3.05, 3.63) is 4.91 Å². The zero-order valence-corrected chi connectivity index (χ0v) is 6.42. The van der Waals surface area contributed by atoms with Crippen LogP contribution in [0, 0.1) is 4.91 Å². The summed E-state index contributed by atoms with van der Waals surface area (Å²) >= 11 is 0. The first kappa shape index (κ1) is 7.51. The lowest BCUT2D eigenvalue weighted by atomic mass is 10.1. The van der Waals surface area contributed by atoms with Crippen molar-refractivity contribution in [3.8, 4) is 0 Å². The molecule has 1 aliphatic heterocycles. The molecule has 1 rings (SSSR count). The van der Waals surface area contributed by atoms with Gasteiger partial charge in [-0.15, -0.1) is 4.91 Å². The molecule has 3 heteroatoms. The summed E-state index contributed by atoms with van der Waals surface area (Å²) in [6.45, 7) is 3.01. The van der Waals surface area contributed by atoms with Gasteiger partial charge in [-0.25, -0.2) is 0 Å². The van der Waals surface area contributed by atoms with Crippen LogP contribution in [-0.2, 0) is 0 Å². The highest BCUT2D eigenvalue weighted by molar-refractivity contribution is 4.75. The standard InChI is InChI=1S/C7H14N2O/c1-2-4-7-5-3-6-9(7)8-10/h7H,2-6H2,1H3. The van der Waals surface area contributed by atoms with Crippen molar-refractivity contribution in [1.82, 2.24) is 5.01 Å². The fourth-order valence-corrected chi connectivity index (χ4v) is 1.55. The molecule has 0 aromatic carbocycles. The van der Waals surface area contributed by atoms with Crippen LogP contribution < -0.4 is 0 Å². The van der Waals surface area contributed by atoms with Crippen LogP contribution in [0.15, 0.2) is 5.29 Å². The van der Waals surface area contributed by atoms with Crippen molar-refractivity contribution >= 4 is 0 Å². The van der Waals surface area contributed by atoms with Gasteiger partial charge in [0.2, 0.25) is 0 Å². The molecule has 1 heterocycles. The molecule has 0 aliphatic carbocycles. The number of nitrogens with zero attached hydrogens (tertiary/aromatic N) is 2. The zero-order valence-electron chi connectivity index (χ0n) is 6.42. The summed E-state index contributed by atoms with van der Waals surface area (Å²) in [5.74, 6) is 0. The van der Waals surface area contributed by atoms with Crippen molar-refractivity contribution in [1.29, 1.82) is 0 Å². The molecule has 0 bridgehead atoms. The van der Waals surface area contributed by atoms with E-state index in [4.69, 9.17) is 0 Å². The molecule has 0 amide bonds. The summed E-state index contributed by atoms with van der Waals surface area (Å²) in [5.41, 5.74) is 0. The molecule has 1 aliphatic rings. The summed E-state index contributed by atoms with van der Waals surface area (Å²) in [7, 11) is 0. The fourth-order valence-electron chi connectivity index (χ4n) is 1.55. The maximum atomic E-state index is 10.2. The molecule has 10 heavy (non-hydrogen) atoms. The molecular weight excluding hydrogens is 128 g/mol. The second-order valence-corrected chi connectivity index (χ2v) is 2.83. The van der Waals surface area contributed by atoms with E-state index >= 15 is 0 Å². The van der Waals surface area contributed by atoms with Crippen LogP contribution in [-0.4, -0.2) is 17.6 Å². The van der Waals surface area contributed by atoms with Crippen LogP contribution >= 0.6 is 0 Å². The monoisotopic (exact) mass is 142 g/mol. The summed E-state index contributed by atoms with van der Waals surface area (Å²) in [6.07, 6.45) is 4.55. The minimum Gasteiger partial charge on any atom is -0.258 e. The number of hydrogen-bond acceptors (Lipinski definition) is 2. The van der Waals surface area contributed by atoms with E-state index in [1.807, 2.05) is 0 Å². The number of nitroso groups, excluding NO2 is 1. The molecule has 3 nitrogen and oxygen atoms in total. The van der Waals surface area contributed by atoms with Crippen LogP contribution in [0.2, 0.25) is 0 Å². The summed E-state index contributed by atoms with van der Waals surface area (Å²) < 4.78 is 0. The highest BCUT2D eigenvalue weighted by atomic mass is 16.3. The van der Waals surface area contributed by atoms with Gasteiger partial charge in [-0.3, -0.25) is 5.01 Å². The number of rotatable bonds is 3. The molecule has 1 fully saturated rings. The van der Waals surface area contributed by atoms with E-state index in [-0.39, 0.29) is 0 Å². The van der Waals surface area contributed by atoms with Gasteiger partial charge in [0.15, 0.2) is 0 Å². The molecule has 58 valence electrons. The van der Waals surface area contributed by atoms with Gasteiger partial charge in [-0.2, -0.15) is 0 Å². The highest BCUT2D eigenvalue weighted by Crippen LogP contribution is 2.20. The first-order valence-electron chi connectivity index (χ1n) is 3.98. The minimum atomic E-state index is 0.447. The van der Waals surface area contributed by atoms with Crippen LogP contribution in [0.4, 0.5) is 0 Å². The molecular formula is C7H14N2O. The van der Waals surface area contributed by atoms with Crippen LogP contribution in [0.5, 0.6) is 0 Å². The molecule has 1 atom stereocenters. The van der Waals surface area contributed by atoms with Crippen molar-refractivity contribution in [2.24, 2.45) is 5.29 Å². The van der Waals surface area contributed by atoms with E-state index in [9.17, 15) is 4.91 Å². The third kappa shape index (κ3) is 1.46. The Balaban J connectivity index is 2.34. The van der Waals surface area contributed by atoms with E-state index in [1.54, 1.807) is 5.01 Å². The van der Waals surface area contributed by atoms with E-state index in [1.165, 1.54) is 0 Å². The van der Waals surface area contributed by atoms with Gasteiger partial charge in [0.1, 0.15) is 0 Å². The Labute approximate surface area is 61.3 Å². The average Bonchev–Trinajstić information content (AvgIpc) is 2.36. The van der Waals surface area contributed by atoms with Gasteiger partial charge in [0, 0.05) is 6.54 Å². The summed E-state index contributed by atoms with van der Waals surface area (Å²) in [4.78, 5) is 10.2. The third-order valence-corrected chi connectivity index (χ3v) is 2.07. The minimum absolute atomic E-state index is 0.447. The SMILES string of the molecule is CCCC1CCCN1N=O. The molecule has 1 saturated heterocycles. The van der Waals surface area contributed by atoms with Gasteiger partial charge in [0.05, 0.1) is 11.3 Å². The van der Waals surface area contributed by atoms with Crippen molar-refractivity contribution in [3.63, 3.8) is 0 Å². The van der Waals surface area contributed by atoms with Gasteiger partial charge in [-0.1, -0.05) is 13.3 Å². The molecule has 0 N–H and O–H groups in total. The molecule has 0 aromatic rings. The zero-order chi connectivity index (χ0) is 7.40. The Morgan fingerprint density at radius 1 is 1.70 bits per heavy atom. The largest absolute Gasteiger partial charge is 0.258 e. The Hall–Kier alpha value is -0.600. The lowest BCUT2D eigenvalue weighted by molar-refractivity contribution is 0.250. The third-order valence-electron chi connectivity index (χ3n) is 2.07. The normalized spacial score (nSPS) is 25.3. The van der Waals surface area contributed by atoms with Gasteiger partial charge in [-0.05, 0) is 19.3 Å². The first-order valence-corrected chi connectivity index (χ1v) is 3.98. The van der Waals surface area contributed by atoms with Crippen molar-refractivity contribution < 1.29 is 0 Å². The van der Waals surface area contributed by atoms with Gasteiger partial charge in [0.25, 0.3) is 0 Å². The van der Waals surface area contributed by atoms with Crippen molar-refractivity contribution in [2.45, 2.75) is 38.6 Å². The van der Waals surface area contributed by atoms with Crippen LogP contribution in [0.1, 0.15) is 32.6 Å². The van der Waals surface area contributed by atoms with E-state index in [0.717, 1.165) is 32.2 Å². The first-order chi connectivity index (χ1) is 4.88. The summed E-state index contributed by atoms with van der Waals surface area (Å²) in [5, 5.41) is 4.65. The van der Waals surface area contributed by atoms with E-state index in [0.29, 0.717) is 6.04 Å². The van der Waals surface area contributed by atoms with Gasteiger partial charge < -0.3 is 0 Å². The van der Waals surface area contributed by atoms with E-state index < -0.39 is 0 Å². The molecule has 0 radical (unpaired) electrons. The lowest BCUT2D eigenvalue weighted by Gasteiger charge is -2.15.